The predicted molar refractivity (Wildman–Crippen MR) is 78.3 cm³/mol. The van der Waals surface area contributed by atoms with Crippen LogP contribution in [0.1, 0.15) is 19.4 Å². The molecule has 0 amide bonds. The van der Waals surface area contributed by atoms with Crippen LogP contribution in [0.15, 0.2) is 57.5 Å². The number of halogens is 2. The summed E-state index contributed by atoms with van der Waals surface area (Å²) in [5.74, 6) is 0. The molecule has 1 N–H and O–H groups in total. The number of aryl methyl sites for hydroxylation is 1. The Kier molecular flexibility index (Phi) is 6.55. The van der Waals surface area contributed by atoms with Gasteiger partial charge in [0, 0.05) is 0 Å². The third-order valence-corrected chi connectivity index (χ3v) is 5.85. The normalized spacial score (nSPS) is 12.5. The van der Waals surface area contributed by atoms with E-state index in [2.05, 4.69) is 68.2 Å². The van der Waals surface area contributed by atoms with Crippen molar-refractivity contribution in [1.29, 1.82) is 0 Å². The molecule has 0 saturated carbocycles. The SMILES string of the molecule is CC(C)=C1C=CC=[C]1[Ti+2][c]1[nH]c2ccccc2c1C.[Cl-].[Cl-]. The molecule has 1 aliphatic carbocycles. The van der Waals surface area contributed by atoms with Gasteiger partial charge in [-0.2, -0.15) is 0 Å². The zero-order chi connectivity index (χ0) is 13.4. The van der Waals surface area contributed by atoms with Gasteiger partial charge >= 0.3 is 123 Å². The van der Waals surface area contributed by atoms with Crippen LogP contribution in [0, 0.1) is 6.92 Å². The summed E-state index contributed by atoms with van der Waals surface area (Å²) in [6.07, 6.45) is 6.71. The molecule has 1 heterocycles. The molecule has 2 aromatic rings. The molecule has 0 aliphatic heterocycles. The van der Waals surface area contributed by atoms with Crippen molar-refractivity contribution in [2.45, 2.75) is 20.8 Å². The van der Waals surface area contributed by atoms with Gasteiger partial charge in [0.1, 0.15) is 0 Å². The van der Waals surface area contributed by atoms with Gasteiger partial charge in [-0.25, -0.2) is 0 Å². The molecule has 0 unspecified atom stereocenters. The van der Waals surface area contributed by atoms with Crippen molar-refractivity contribution in [2.24, 2.45) is 0 Å². The van der Waals surface area contributed by atoms with Crippen LogP contribution in [0.5, 0.6) is 0 Å². The minimum absolute atomic E-state index is 0. The predicted octanol–water partition coefficient (Wildman–Crippen LogP) is -2.02. The summed E-state index contributed by atoms with van der Waals surface area (Å²) >= 11 is -0.287. The van der Waals surface area contributed by atoms with E-state index in [1.807, 2.05) is 0 Å². The Morgan fingerprint density at radius 1 is 1.10 bits per heavy atom. The molecule has 1 aliphatic rings. The van der Waals surface area contributed by atoms with E-state index < -0.39 is 0 Å². The summed E-state index contributed by atoms with van der Waals surface area (Å²) < 4.78 is 2.99. The van der Waals surface area contributed by atoms with Crippen LogP contribution >= 0.6 is 0 Å². The minimum atomic E-state index is -0.287. The first kappa shape index (κ1) is 18.3. The molecule has 4 heteroatoms. The molecule has 0 bridgehead atoms. The van der Waals surface area contributed by atoms with Gasteiger partial charge in [-0.15, -0.1) is 0 Å². The average molecular weight is 354 g/mol. The van der Waals surface area contributed by atoms with Crippen LogP contribution in [-0.2, 0) is 19.2 Å². The Morgan fingerprint density at radius 2 is 1.81 bits per heavy atom. The van der Waals surface area contributed by atoms with E-state index in [4.69, 9.17) is 0 Å². The molecule has 21 heavy (non-hydrogen) atoms. The number of fused-ring (bicyclic) bond motifs is 1. The van der Waals surface area contributed by atoms with Crippen molar-refractivity contribution in [3.05, 3.63) is 63.1 Å². The molecule has 0 saturated heterocycles. The first-order valence-electron chi connectivity index (χ1n) is 6.57. The molecular weight excluding hydrogens is 337 g/mol. The van der Waals surface area contributed by atoms with Crippen molar-refractivity contribution in [3.8, 4) is 0 Å². The number of H-pyrrole nitrogens is 1. The van der Waals surface area contributed by atoms with Crippen molar-refractivity contribution < 1.29 is 44.0 Å². The maximum atomic E-state index is 3.61. The van der Waals surface area contributed by atoms with Crippen molar-refractivity contribution in [2.75, 3.05) is 0 Å². The monoisotopic (exact) mass is 353 g/mol. The Bertz CT molecular complexity index is 734. The Labute approximate surface area is 147 Å². The van der Waals surface area contributed by atoms with Gasteiger partial charge in [0.25, 0.3) is 0 Å². The maximum Gasteiger partial charge on any atom is -1.00 e. The quantitative estimate of drug-likeness (QED) is 0.600. The molecule has 1 aromatic carbocycles. The van der Waals surface area contributed by atoms with Gasteiger partial charge in [-0.1, -0.05) is 0 Å². The molecule has 1 nitrogen and oxygen atoms in total. The molecule has 0 radical (unpaired) electrons. The summed E-state index contributed by atoms with van der Waals surface area (Å²) in [6.45, 7) is 6.63. The standard InChI is InChI=1S/C9H8N.C8H9.2ClH.Ti/c1-7-6-10-9-5-3-2-4-8(7)9;1-7(2)8-5-3-4-6-8;;;/h2-5,10H,1H3;3-5H,1-2H3;2*1H;/q;;;;+2/p-2. The van der Waals surface area contributed by atoms with E-state index in [0.717, 1.165) is 0 Å². The molecule has 0 atom stereocenters. The zero-order valence-corrected chi connectivity index (χ0v) is 15.4. The Hall–Kier alpha value is -0.726. The van der Waals surface area contributed by atoms with Gasteiger partial charge in [0.05, 0.1) is 0 Å². The molecule has 0 spiro atoms. The summed E-state index contributed by atoms with van der Waals surface area (Å²) in [5.41, 5.74) is 5.55. The summed E-state index contributed by atoms with van der Waals surface area (Å²) in [6, 6.07) is 8.59. The molecule has 0 fully saturated rings. The number of para-hydroxylation sites is 1. The fourth-order valence-corrected chi connectivity index (χ4v) is 4.75. The van der Waals surface area contributed by atoms with Crippen LogP contribution in [0.25, 0.3) is 10.9 Å². The largest absolute Gasteiger partial charge is 1.00 e. The average Bonchev–Trinajstić information content (AvgIpc) is 2.97. The Balaban J connectivity index is 0.00000110. The maximum absolute atomic E-state index is 3.61. The number of nitrogens with one attached hydrogen (secondary N) is 1. The Morgan fingerprint density at radius 3 is 2.48 bits per heavy atom. The van der Waals surface area contributed by atoms with Crippen LogP contribution in [-0.4, -0.2) is 4.98 Å². The van der Waals surface area contributed by atoms with E-state index in [9.17, 15) is 0 Å². The van der Waals surface area contributed by atoms with Crippen molar-refractivity contribution in [3.63, 3.8) is 0 Å². The number of benzene rings is 1. The second kappa shape index (κ2) is 7.51. The number of allylic oxidation sites excluding steroid dienone is 6. The second-order valence-corrected chi connectivity index (χ2v) is 7.16. The summed E-state index contributed by atoms with van der Waals surface area (Å²) in [7, 11) is 0. The molecule has 108 valence electrons. The smallest absolute Gasteiger partial charge is 1.00 e. The van der Waals surface area contributed by atoms with Crippen LogP contribution in [0.4, 0.5) is 0 Å². The fourth-order valence-electron chi connectivity index (χ4n) is 2.51. The van der Waals surface area contributed by atoms with E-state index in [1.54, 1.807) is 0 Å². The summed E-state index contributed by atoms with van der Waals surface area (Å²) in [5, 5.41) is 1.37. The van der Waals surface area contributed by atoms with Crippen LogP contribution in [0.3, 0.4) is 0 Å². The topological polar surface area (TPSA) is 15.8 Å². The number of hydrogen-bond donors (Lipinski definition) is 1. The van der Waals surface area contributed by atoms with Crippen molar-refractivity contribution in [1.82, 2.24) is 4.98 Å². The van der Waals surface area contributed by atoms with Gasteiger partial charge in [0.15, 0.2) is 0 Å². The zero-order valence-electron chi connectivity index (χ0n) is 12.3. The van der Waals surface area contributed by atoms with Crippen LogP contribution < -0.4 is 28.8 Å². The molecule has 3 rings (SSSR count). The van der Waals surface area contributed by atoms with Gasteiger partial charge in [-0.3, -0.25) is 0 Å². The first-order valence-corrected chi connectivity index (χ1v) is 8.13. The van der Waals surface area contributed by atoms with Gasteiger partial charge in [0.2, 0.25) is 0 Å². The molecular formula is C17H17Cl2NTi. The van der Waals surface area contributed by atoms with Crippen LogP contribution in [0.2, 0.25) is 0 Å². The summed E-state index contributed by atoms with van der Waals surface area (Å²) in [4.78, 5) is 3.61. The van der Waals surface area contributed by atoms with E-state index in [1.165, 1.54) is 35.5 Å². The third-order valence-electron chi connectivity index (χ3n) is 3.58. The van der Waals surface area contributed by atoms with E-state index in [0.29, 0.717) is 0 Å². The van der Waals surface area contributed by atoms with Gasteiger partial charge in [-0.05, 0) is 0 Å². The second-order valence-electron chi connectivity index (χ2n) is 5.15. The third kappa shape index (κ3) is 3.55. The van der Waals surface area contributed by atoms with E-state index in [-0.39, 0.29) is 44.0 Å². The number of aromatic amines is 1. The molecule has 1 aromatic heterocycles. The van der Waals surface area contributed by atoms with Gasteiger partial charge < -0.3 is 24.8 Å². The number of hydrogen-bond acceptors (Lipinski definition) is 0. The van der Waals surface area contributed by atoms with E-state index >= 15 is 0 Å². The fraction of sp³-hybridized carbons (Fsp3) is 0.176. The number of rotatable bonds is 2. The number of aromatic nitrogens is 1. The minimum Gasteiger partial charge on any atom is -1.00 e. The van der Waals surface area contributed by atoms with Crippen molar-refractivity contribution >= 4 is 14.9 Å². The first-order chi connectivity index (χ1) is 9.16.